The van der Waals surface area contributed by atoms with Crippen LogP contribution < -0.4 is 14.2 Å². The van der Waals surface area contributed by atoms with Crippen molar-refractivity contribution < 1.29 is 23.7 Å². The minimum absolute atomic E-state index is 0.0278. The molecule has 0 unspecified atom stereocenters. The van der Waals surface area contributed by atoms with Gasteiger partial charge in [0.15, 0.2) is 0 Å². The number of unbranched alkanes of at least 4 members (excludes halogenated alkanes) is 3. The number of allylic oxidation sites excluding steroid dienone is 1. The number of carbonyl (C=O) groups excluding carboxylic acids is 1. The van der Waals surface area contributed by atoms with Gasteiger partial charge in [-0.25, -0.2) is 0 Å². The van der Waals surface area contributed by atoms with E-state index in [0.717, 1.165) is 127 Å². The van der Waals surface area contributed by atoms with Gasteiger partial charge in [0.2, 0.25) is 0 Å². The first kappa shape index (κ1) is 52.4. The van der Waals surface area contributed by atoms with Gasteiger partial charge in [0.05, 0.1) is 31.2 Å². The average molecular weight is 963 g/mol. The second kappa shape index (κ2) is 25.2. The third-order valence-corrected chi connectivity index (χ3v) is 17.6. The van der Waals surface area contributed by atoms with E-state index in [2.05, 4.69) is 94.2 Å². The molecule has 0 amide bonds. The molecule has 0 N–H and O–H groups in total. The summed E-state index contributed by atoms with van der Waals surface area (Å²) in [5.41, 5.74) is 7.63. The Morgan fingerprint density at radius 3 is 1.86 bits per heavy atom. The third-order valence-electron chi connectivity index (χ3n) is 17.6. The van der Waals surface area contributed by atoms with Gasteiger partial charge >= 0.3 is 5.97 Å². The van der Waals surface area contributed by atoms with Gasteiger partial charge in [0.25, 0.3) is 0 Å². The molecule has 4 aromatic rings. The van der Waals surface area contributed by atoms with Gasteiger partial charge in [-0.2, -0.15) is 10.2 Å². The maximum atomic E-state index is 13.0. The molecule has 7 heteroatoms. The van der Waals surface area contributed by atoms with Crippen molar-refractivity contribution in [1.29, 1.82) is 0 Å². The van der Waals surface area contributed by atoms with Crippen LogP contribution in [0.2, 0.25) is 0 Å². The van der Waals surface area contributed by atoms with E-state index in [-0.39, 0.29) is 17.5 Å². The van der Waals surface area contributed by atoms with Crippen LogP contribution >= 0.6 is 0 Å². The first-order valence-corrected chi connectivity index (χ1v) is 28.1. The van der Waals surface area contributed by atoms with Crippen LogP contribution in [0.3, 0.4) is 0 Å². The van der Waals surface area contributed by atoms with Crippen molar-refractivity contribution in [3.8, 4) is 28.4 Å². The molecule has 0 bridgehead atoms. The first-order valence-electron chi connectivity index (χ1n) is 28.1. The molecule has 0 saturated heterocycles. The summed E-state index contributed by atoms with van der Waals surface area (Å²) in [5.74, 6) is 7.54. The zero-order valence-corrected chi connectivity index (χ0v) is 44.3. The van der Waals surface area contributed by atoms with Crippen molar-refractivity contribution in [1.82, 2.24) is 0 Å². The Morgan fingerprint density at radius 1 is 0.634 bits per heavy atom. The molecule has 8 rings (SSSR count). The highest BCUT2D eigenvalue weighted by Gasteiger charge is 2.59. The van der Waals surface area contributed by atoms with Crippen molar-refractivity contribution in [3.63, 3.8) is 0 Å². The summed E-state index contributed by atoms with van der Waals surface area (Å²) in [5, 5.41) is 8.75. The summed E-state index contributed by atoms with van der Waals surface area (Å²) in [4.78, 5) is 13.0. The fraction of sp³-hybridized carbons (Fsp3) is 0.578. The average Bonchev–Trinajstić information content (AvgIpc) is 3.74. The molecule has 0 aliphatic heterocycles. The minimum Gasteiger partial charge on any atom is -0.494 e. The molecule has 0 spiro atoms. The largest absolute Gasteiger partial charge is 0.494 e. The van der Waals surface area contributed by atoms with Crippen LogP contribution in [-0.2, 0) is 16.0 Å². The molecule has 3 saturated carbocycles. The normalized spacial score (nSPS) is 25.2. The predicted octanol–water partition coefficient (Wildman–Crippen LogP) is 17.9. The van der Waals surface area contributed by atoms with Gasteiger partial charge in [-0.05, 0) is 201 Å². The smallest absolute Gasteiger partial charge is 0.306 e. The van der Waals surface area contributed by atoms with Crippen molar-refractivity contribution in [2.24, 2.45) is 56.6 Å². The standard InChI is InChI=1S/C64H86N2O5/c1-7-8-16-48-18-25-52(26-19-48)65-66-53-27-33-56(34-28-53)70-44-13-43-69-55-31-22-50(23-32-55)49-20-29-54(30-21-49)68-42-11-9-10-17-62(67)71-57-38-40-63(5)51(45-57)24-35-58-60-37-36-59(47(4)15-12-14-46(2)3)64(60,6)41-39-61(58)63/h18-34,46-47,57-61H,7-17,35-45H2,1-6H3/t47-,57+,58+,59-,60+,61+,63+,64-/m1/s1. The van der Waals surface area contributed by atoms with E-state index >= 15 is 0 Å². The Hall–Kier alpha value is -4.91. The lowest BCUT2D eigenvalue weighted by Crippen LogP contribution is -2.51. The third kappa shape index (κ3) is 13.8. The quantitative estimate of drug-likeness (QED) is 0.0286. The zero-order chi connectivity index (χ0) is 49.6. The molecule has 7 nitrogen and oxygen atoms in total. The Balaban J connectivity index is 0.672. The van der Waals surface area contributed by atoms with Gasteiger partial charge in [0, 0.05) is 19.3 Å². The van der Waals surface area contributed by atoms with Crippen molar-refractivity contribution >= 4 is 17.3 Å². The SMILES string of the molecule is CCCCc1ccc(N=Nc2ccc(OCCCOc3ccc(-c4ccc(OCCCCCC(=O)O[C@H]5CC[C@@]6(C)C(=CC[C@H]7[C@@H]8CC[C@H]([C@H](C)CCCC(C)C)[C@@]8(C)CC[C@@H]76)C5)cc4)cc3)cc2)cc1. The minimum atomic E-state index is -0.0278. The summed E-state index contributed by atoms with van der Waals surface area (Å²) >= 11 is 0. The Kier molecular flexibility index (Phi) is 18.6. The summed E-state index contributed by atoms with van der Waals surface area (Å²) < 4.78 is 24.2. The highest BCUT2D eigenvalue weighted by molar-refractivity contribution is 5.69. The van der Waals surface area contributed by atoms with E-state index in [4.69, 9.17) is 18.9 Å². The first-order chi connectivity index (χ1) is 34.5. The van der Waals surface area contributed by atoms with Crippen LogP contribution in [0.15, 0.2) is 119 Å². The number of hydrogen-bond acceptors (Lipinski definition) is 7. The van der Waals surface area contributed by atoms with Gasteiger partial charge in [-0.3, -0.25) is 4.79 Å². The monoisotopic (exact) mass is 963 g/mol. The highest BCUT2D eigenvalue weighted by Crippen LogP contribution is 2.67. The molecule has 382 valence electrons. The van der Waals surface area contributed by atoms with E-state index in [9.17, 15) is 4.79 Å². The van der Waals surface area contributed by atoms with Crippen LogP contribution in [-0.4, -0.2) is 31.9 Å². The number of esters is 1. The molecule has 8 atom stereocenters. The maximum absolute atomic E-state index is 13.0. The number of fused-ring (bicyclic) bond motifs is 5. The Morgan fingerprint density at radius 2 is 1.24 bits per heavy atom. The number of ether oxygens (including phenoxy) is 4. The predicted molar refractivity (Wildman–Crippen MR) is 290 cm³/mol. The second-order valence-corrected chi connectivity index (χ2v) is 22.9. The van der Waals surface area contributed by atoms with E-state index < -0.39 is 0 Å². The van der Waals surface area contributed by atoms with E-state index in [1.54, 1.807) is 5.57 Å². The molecule has 0 radical (unpaired) electrons. The van der Waals surface area contributed by atoms with Gasteiger partial charge in [0.1, 0.15) is 23.4 Å². The van der Waals surface area contributed by atoms with Gasteiger partial charge in [-0.1, -0.05) is 115 Å². The van der Waals surface area contributed by atoms with Crippen LogP contribution in [0.5, 0.6) is 17.2 Å². The van der Waals surface area contributed by atoms with E-state index in [0.29, 0.717) is 31.7 Å². The number of nitrogens with zero attached hydrogens (tertiary/aromatic N) is 2. The lowest BCUT2D eigenvalue weighted by molar-refractivity contribution is -0.151. The van der Waals surface area contributed by atoms with Gasteiger partial charge < -0.3 is 18.9 Å². The molecule has 4 aliphatic carbocycles. The summed E-state index contributed by atoms with van der Waals surface area (Å²) in [7, 11) is 0. The number of carbonyl (C=O) groups is 1. The molecule has 3 fully saturated rings. The van der Waals surface area contributed by atoms with E-state index in [1.165, 1.54) is 69.8 Å². The van der Waals surface area contributed by atoms with E-state index in [1.807, 2.05) is 60.7 Å². The van der Waals surface area contributed by atoms with Gasteiger partial charge in [-0.15, -0.1) is 0 Å². The molecule has 4 aromatic carbocycles. The lowest BCUT2D eigenvalue weighted by Gasteiger charge is -2.58. The number of rotatable bonds is 25. The molecule has 0 heterocycles. The van der Waals surface area contributed by atoms with Crippen molar-refractivity contribution in [3.05, 3.63) is 114 Å². The molecular formula is C64H86N2O5. The number of azo groups is 1. The molecule has 0 aromatic heterocycles. The topological polar surface area (TPSA) is 78.7 Å². The van der Waals surface area contributed by atoms with Crippen LogP contribution in [0.1, 0.15) is 163 Å². The molecule has 71 heavy (non-hydrogen) atoms. The Labute approximate surface area is 428 Å². The highest BCUT2D eigenvalue weighted by atomic mass is 16.5. The Bertz CT molecular complexity index is 2320. The zero-order valence-electron chi connectivity index (χ0n) is 44.3. The van der Waals surface area contributed by atoms with Crippen LogP contribution in [0, 0.1) is 46.3 Å². The fourth-order valence-electron chi connectivity index (χ4n) is 13.5. The summed E-state index contributed by atoms with van der Waals surface area (Å²) in [6.07, 6.45) is 24.3. The number of aryl methyl sites for hydroxylation is 1. The summed E-state index contributed by atoms with van der Waals surface area (Å²) in [6.45, 7) is 16.6. The van der Waals surface area contributed by atoms with Crippen LogP contribution in [0.25, 0.3) is 11.1 Å². The second-order valence-electron chi connectivity index (χ2n) is 22.9. The lowest BCUT2D eigenvalue weighted by atomic mass is 9.47. The fourth-order valence-corrected chi connectivity index (χ4v) is 13.5. The maximum Gasteiger partial charge on any atom is 0.306 e. The summed E-state index contributed by atoms with van der Waals surface area (Å²) in [6, 6.07) is 32.5. The van der Waals surface area contributed by atoms with Crippen LogP contribution in [0.4, 0.5) is 11.4 Å². The molecule has 4 aliphatic rings. The number of benzene rings is 4. The van der Waals surface area contributed by atoms with Crippen molar-refractivity contribution in [2.45, 2.75) is 170 Å². The number of hydrogen-bond donors (Lipinski definition) is 0. The van der Waals surface area contributed by atoms with Crippen molar-refractivity contribution in [2.75, 3.05) is 19.8 Å². The molecular weight excluding hydrogens is 877 g/mol.